The van der Waals surface area contributed by atoms with Gasteiger partial charge in [-0.2, -0.15) is 0 Å². The smallest absolute Gasteiger partial charge is 0.0628 e. The highest BCUT2D eigenvalue weighted by molar-refractivity contribution is 5.24. The number of benzene rings is 1. The molecule has 3 heteroatoms. The van der Waals surface area contributed by atoms with Gasteiger partial charge >= 0.3 is 0 Å². The lowest BCUT2D eigenvalue weighted by molar-refractivity contribution is 0.0606. The molecule has 0 spiro atoms. The summed E-state index contributed by atoms with van der Waals surface area (Å²) in [6.07, 6.45) is 0. The van der Waals surface area contributed by atoms with Gasteiger partial charge in [-0.15, -0.1) is 0 Å². The monoisotopic (exact) mass is 276 g/mol. The van der Waals surface area contributed by atoms with E-state index in [9.17, 15) is 5.11 Å². The molecule has 1 fully saturated rings. The lowest BCUT2D eigenvalue weighted by Gasteiger charge is -2.39. The summed E-state index contributed by atoms with van der Waals surface area (Å²) < 4.78 is 0. The first-order valence-corrected chi connectivity index (χ1v) is 7.74. The Balaban J connectivity index is 1.95. The largest absolute Gasteiger partial charge is 0.394 e. The molecule has 1 unspecified atom stereocenters. The van der Waals surface area contributed by atoms with Gasteiger partial charge in [0, 0.05) is 32.7 Å². The normalized spacial score (nSPS) is 19.4. The molecular weight excluding hydrogens is 248 g/mol. The van der Waals surface area contributed by atoms with Gasteiger partial charge in [-0.1, -0.05) is 43.7 Å². The molecule has 1 saturated heterocycles. The van der Waals surface area contributed by atoms with Crippen LogP contribution in [0.1, 0.15) is 31.0 Å². The Kier molecular flexibility index (Phi) is 5.58. The predicted octanol–water partition coefficient (Wildman–Crippen LogP) is 2.30. The van der Waals surface area contributed by atoms with Crippen molar-refractivity contribution in [2.45, 2.75) is 26.8 Å². The van der Waals surface area contributed by atoms with Crippen LogP contribution in [0.15, 0.2) is 24.3 Å². The quantitative estimate of drug-likeness (QED) is 0.894. The van der Waals surface area contributed by atoms with Crippen LogP contribution in [-0.4, -0.2) is 54.2 Å². The van der Waals surface area contributed by atoms with Crippen molar-refractivity contribution in [3.63, 3.8) is 0 Å². The van der Waals surface area contributed by atoms with Gasteiger partial charge < -0.3 is 10.0 Å². The number of rotatable bonds is 5. The second kappa shape index (κ2) is 7.21. The van der Waals surface area contributed by atoms with E-state index < -0.39 is 0 Å². The minimum atomic E-state index is 0.150. The zero-order valence-electron chi connectivity index (χ0n) is 13.0. The van der Waals surface area contributed by atoms with Crippen molar-refractivity contribution < 1.29 is 5.11 Å². The molecule has 0 radical (unpaired) electrons. The average molecular weight is 276 g/mol. The van der Waals surface area contributed by atoms with E-state index in [0.29, 0.717) is 0 Å². The molecule has 3 nitrogen and oxygen atoms in total. The average Bonchev–Trinajstić information content (AvgIpc) is 2.43. The van der Waals surface area contributed by atoms with E-state index in [2.05, 4.69) is 54.8 Å². The minimum Gasteiger partial charge on any atom is -0.394 e. The SMILES string of the molecule is Cc1ccc(C(CO)N2CCN(CC(C)C)CC2)cc1. The van der Waals surface area contributed by atoms with Crippen molar-refractivity contribution in [2.75, 3.05) is 39.3 Å². The third kappa shape index (κ3) is 4.05. The highest BCUT2D eigenvalue weighted by Gasteiger charge is 2.24. The number of aliphatic hydroxyl groups excluding tert-OH is 1. The van der Waals surface area contributed by atoms with Crippen molar-refractivity contribution in [1.29, 1.82) is 0 Å². The molecule has 0 aromatic heterocycles. The van der Waals surface area contributed by atoms with Gasteiger partial charge in [-0.25, -0.2) is 0 Å². The Morgan fingerprint density at radius 1 is 1.05 bits per heavy atom. The van der Waals surface area contributed by atoms with Crippen LogP contribution < -0.4 is 0 Å². The van der Waals surface area contributed by atoms with Crippen LogP contribution >= 0.6 is 0 Å². The van der Waals surface area contributed by atoms with E-state index in [1.54, 1.807) is 0 Å². The molecule has 112 valence electrons. The summed E-state index contributed by atoms with van der Waals surface area (Å²) in [4.78, 5) is 4.95. The molecule has 1 aliphatic heterocycles. The van der Waals surface area contributed by atoms with Crippen LogP contribution in [0.4, 0.5) is 0 Å². The summed E-state index contributed by atoms with van der Waals surface area (Å²) in [5, 5.41) is 9.76. The van der Waals surface area contributed by atoms with Crippen LogP contribution in [-0.2, 0) is 0 Å². The van der Waals surface area contributed by atoms with Crippen LogP contribution in [0.25, 0.3) is 0 Å². The van der Waals surface area contributed by atoms with E-state index in [0.717, 1.165) is 32.1 Å². The number of piperazine rings is 1. The lowest BCUT2D eigenvalue weighted by atomic mass is 10.0. The molecule has 1 aromatic carbocycles. The molecule has 1 atom stereocenters. The summed E-state index contributed by atoms with van der Waals surface area (Å²) >= 11 is 0. The Morgan fingerprint density at radius 2 is 1.65 bits per heavy atom. The van der Waals surface area contributed by atoms with Crippen molar-refractivity contribution in [2.24, 2.45) is 5.92 Å². The first-order valence-electron chi connectivity index (χ1n) is 7.74. The van der Waals surface area contributed by atoms with Crippen molar-refractivity contribution in [3.8, 4) is 0 Å². The molecule has 2 rings (SSSR count). The molecule has 0 saturated carbocycles. The van der Waals surface area contributed by atoms with Crippen molar-refractivity contribution >= 4 is 0 Å². The van der Waals surface area contributed by atoms with Crippen molar-refractivity contribution in [1.82, 2.24) is 9.80 Å². The topological polar surface area (TPSA) is 26.7 Å². The van der Waals surface area contributed by atoms with Gasteiger partial charge in [0.15, 0.2) is 0 Å². The third-order valence-corrected chi connectivity index (χ3v) is 4.11. The Hall–Kier alpha value is -0.900. The summed E-state index contributed by atoms with van der Waals surface area (Å²) in [6, 6.07) is 8.71. The molecule has 1 aliphatic rings. The fourth-order valence-electron chi connectivity index (χ4n) is 2.99. The fourth-order valence-corrected chi connectivity index (χ4v) is 2.99. The van der Waals surface area contributed by atoms with Crippen molar-refractivity contribution in [3.05, 3.63) is 35.4 Å². The maximum atomic E-state index is 9.76. The van der Waals surface area contributed by atoms with Gasteiger partial charge in [0.25, 0.3) is 0 Å². The zero-order chi connectivity index (χ0) is 14.5. The van der Waals surface area contributed by atoms with Gasteiger partial charge in [0.1, 0.15) is 0 Å². The first kappa shape index (κ1) is 15.5. The molecular formula is C17H28N2O. The number of hydrogen-bond acceptors (Lipinski definition) is 3. The molecule has 1 heterocycles. The summed E-state index contributed by atoms with van der Waals surface area (Å²) in [5.41, 5.74) is 2.50. The number of aliphatic hydroxyl groups is 1. The van der Waals surface area contributed by atoms with Crippen LogP contribution in [0.3, 0.4) is 0 Å². The highest BCUT2D eigenvalue weighted by Crippen LogP contribution is 2.22. The van der Waals surface area contributed by atoms with E-state index >= 15 is 0 Å². The van der Waals surface area contributed by atoms with Gasteiger partial charge in [0.05, 0.1) is 12.6 Å². The molecule has 0 amide bonds. The summed E-state index contributed by atoms with van der Waals surface area (Å²) in [5.74, 6) is 0.729. The van der Waals surface area contributed by atoms with E-state index in [-0.39, 0.29) is 12.6 Å². The maximum absolute atomic E-state index is 9.76. The number of hydrogen-bond donors (Lipinski definition) is 1. The van der Waals surface area contributed by atoms with Crippen LogP contribution in [0.2, 0.25) is 0 Å². The Morgan fingerprint density at radius 3 is 2.15 bits per heavy atom. The van der Waals surface area contributed by atoms with Crippen LogP contribution in [0, 0.1) is 12.8 Å². The molecule has 0 aliphatic carbocycles. The second-order valence-electron chi connectivity index (χ2n) is 6.34. The van der Waals surface area contributed by atoms with E-state index in [1.807, 2.05) is 0 Å². The lowest BCUT2D eigenvalue weighted by Crippen LogP contribution is -2.49. The summed E-state index contributed by atoms with van der Waals surface area (Å²) in [7, 11) is 0. The van der Waals surface area contributed by atoms with Gasteiger partial charge in [-0.3, -0.25) is 4.90 Å². The summed E-state index contributed by atoms with van der Waals surface area (Å²) in [6.45, 7) is 12.3. The zero-order valence-corrected chi connectivity index (χ0v) is 13.0. The molecule has 20 heavy (non-hydrogen) atoms. The number of aryl methyl sites for hydroxylation is 1. The second-order valence-corrected chi connectivity index (χ2v) is 6.34. The van der Waals surface area contributed by atoms with E-state index in [1.165, 1.54) is 17.7 Å². The number of nitrogens with zero attached hydrogens (tertiary/aromatic N) is 2. The predicted molar refractivity (Wildman–Crippen MR) is 83.9 cm³/mol. The first-order chi connectivity index (χ1) is 9.60. The minimum absolute atomic E-state index is 0.150. The standard InChI is InChI=1S/C17H28N2O/c1-14(2)12-18-8-10-19(11-9-18)17(13-20)16-6-4-15(3)5-7-16/h4-7,14,17,20H,8-13H2,1-3H3. The van der Waals surface area contributed by atoms with Crippen LogP contribution in [0.5, 0.6) is 0 Å². The fraction of sp³-hybridized carbons (Fsp3) is 0.647. The molecule has 1 aromatic rings. The molecule has 0 bridgehead atoms. The third-order valence-electron chi connectivity index (χ3n) is 4.11. The van der Waals surface area contributed by atoms with Gasteiger partial charge in [-0.05, 0) is 18.4 Å². The molecule has 1 N–H and O–H groups in total. The maximum Gasteiger partial charge on any atom is 0.0628 e. The highest BCUT2D eigenvalue weighted by atomic mass is 16.3. The van der Waals surface area contributed by atoms with E-state index in [4.69, 9.17) is 0 Å². The van der Waals surface area contributed by atoms with Gasteiger partial charge in [0.2, 0.25) is 0 Å². The Bertz CT molecular complexity index is 394. The Labute approximate surface area is 123 Å².